The van der Waals surface area contributed by atoms with E-state index in [9.17, 15) is 10.2 Å². The van der Waals surface area contributed by atoms with Crippen LogP contribution in [0.3, 0.4) is 0 Å². The molecule has 0 amide bonds. The minimum atomic E-state index is -0.696. The highest BCUT2D eigenvalue weighted by Crippen LogP contribution is 2.45. The Morgan fingerprint density at radius 2 is 1.69 bits per heavy atom. The highest BCUT2D eigenvalue weighted by atomic mass is 16.3. The SMILES string of the molecule is CO.OC1CCCC2CCCC12O. The Bertz CT molecular complexity index is 160. The van der Waals surface area contributed by atoms with Crippen LogP contribution in [0.25, 0.3) is 0 Å². The summed E-state index contributed by atoms with van der Waals surface area (Å²) >= 11 is 0. The van der Waals surface area contributed by atoms with Gasteiger partial charge in [-0.05, 0) is 31.6 Å². The summed E-state index contributed by atoms with van der Waals surface area (Å²) in [6.07, 6.45) is 5.60. The summed E-state index contributed by atoms with van der Waals surface area (Å²) in [5.41, 5.74) is -0.696. The molecule has 0 aromatic carbocycles. The zero-order valence-corrected chi connectivity index (χ0v) is 8.24. The van der Waals surface area contributed by atoms with Crippen LogP contribution in [0.2, 0.25) is 0 Å². The fourth-order valence-electron chi connectivity index (χ4n) is 2.73. The molecule has 78 valence electrons. The maximum atomic E-state index is 10.0. The van der Waals surface area contributed by atoms with E-state index in [-0.39, 0.29) is 0 Å². The number of aliphatic hydroxyl groups is 3. The summed E-state index contributed by atoms with van der Waals surface area (Å²) < 4.78 is 0. The predicted molar refractivity (Wildman–Crippen MR) is 50.3 cm³/mol. The average Bonchev–Trinajstić information content (AvgIpc) is 2.53. The van der Waals surface area contributed by atoms with Gasteiger partial charge in [-0.3, -0.25) is 0 Å². The Hall–Kier alpha value is -0.120. The first-order valence-corrected chi connectivity index (χ1v) is 5.08. The Balaban J connectivity index is 0.000000396. The zero-order chi connectivity index (χ0) is 9.90. The Kier molecular flexibility index (Phi) is 3.71. The molecule has 2 aliphatic rings. The third-order valence-corrected chi connectivity index (χ3v) is 3.44. The van der Waals surface area contributed by atoms with E-state index in [1.54, 1.807) is 0 Å². The van der Waals surface area contributed by atoms with E-state index in [4.69, 9.17) is 5.11 Å². The number of hydrogen-bond acceptors (Lipinski definition) is 3. The van der Waals surface area contributed by atoms with Gasteiger partial charge in [0.05, 0.1) is 11.7 Å². The van der Waals surface area contributed by atoms with Crippen LogP contribution in [0.5, 0.6) is 0 Å². The van der Waals surface area contributed by atoms with Gasteiger partial charge in [-0.2, -0.15) is 0 Å². The molecule has 0 aliphatic heterocycles. The Morgan fingerprint density at radius 1 is 1.08 bits per heavy atom. The predicted octanol–water partition coefficient (Wildman–Crippen LogP) is 0.671. The van der Waals surface area contributed by atoms with Crippen molar-refractivity contribution in [3.05, 3.63) is 0 Å². The molecule has 0 radical (unpaired) electrons. The van der Waals surface area contributed by atoms with Crippen molar-refractivity contribution >= 4 is 0 Å². The molecule has 3 nitrogen and oxygen atoms in total. The average molecular weight is 188 g/mol. The van der Waals surface area contributed by atoms with Crippen molar-refractivity contribution < 1.29 is 15.3 Å². The molecule has 0 heterocycles. The second kappa shape index (κ2) is 4.40. The molecule has 0 saturated heterocycles. The van der Waals surface area contributed by atoms with Gasteiger partial charge in [-0.15, -0.1) is 0 Å². The fraction of sp³-hybridized carbons (Fsp3) is 1.00. The van der Waals surface area contributed by atoms with E-state index in [2.05, 4.69) is 0 Å². The van der Waals surface area contributed by atoms with E-state index >= 15 is 0 Å². The van der Waals surface area contributed by atoms with Gasteiger partial charge < -0.3 is 15.3 Å². The molecule has 2 aliphatic carbocycles. The van der Waals surface area contributed by atoms with Crippen LogP contribution in [0, 0.1) is 5.92 Å². The van der Waals surface area contributed by atoms with E-state index in [1.807, 2.05) is 0 Å². The van der Waals surface area contributed by atoms with Crippen LogP contribution in [0.1, 0.15) is 38.5 Å². The molecule has 0 aromatic heterocycles. The maximum absolute atomic E-state index is 10.0. The maximum Gasteiger partial charge on any atom is 0.0933 e. The topological polar surface area (TPSA) is 60.7 Å². The third-order valence-electron chi connectivity index (χ3n) is 3.44. The lowest BCUT2D eigenvalue weighted by molar-refractivity contribution is -0.121. The van der Waals surface area contributed by atoms with Gasteiger partial charge in [-0.1, -0.05) is 12.8 Å². The molecule has 3 N–H and O–H groups in total. The van der Waals surface area contributed by atoms with Gasteiger partial charge in [0.1, 0.15) is 0 Å². The molecule has 2 fully saturated rings. The second-order valence-electron chi connectivity index (χ2n) is 4.03. The van der Waals surface area contributed by atoms with Crippen LogP contribution < -0.4 is 0 Å². The molecule has 3 atom stereocenters. The highest BCUT2D eigenvalue weighted by Gasteiger charge is 2.48. The third kappa shape index (κ3) is 1.87. The van der Waals surface area contributed by atoms with Crippen molar-refractivity contribution in [3.8, 4) is 0 Å². The number of rotatable bonds is 0. The number of fused-ring (bicyclic) bond motifs is 1. The smallest absolute Gasteiger partial charge is 0.0933 e. The molecular formula is C10H20O3. The molecule has 2 saturated carbocycles. The fourth-order valence-corrected chi connectivity index (χ4v) is 2.73. The summed E-state index contributed by atoms with van der Waals surface area (Å²) in [6.45, 7) is 0. The van der Waals surface area contributed by atoms with E-state index in [0.717, 1.165) is 45.6 Å². The second-order valence-corrected chi connectivity index (χ2v) is 4.03. The van der Waals surface area contributed by atoms with Crippen LogP contribution in [-0.2, 0) is 0 Å². The van der Waals surface area contributed by atoms with Gasteiger partial charge in [0, 0.05) is 7.11 Å². The van der Waals surface area contributed by atoms with Gasteiger partial charge in [0.15, 0.2) is 0 Å². The summed E-state index contributed by atoms with van der Waals surface area (Å²) in [5.74, 6) is 0.395. The molecule has 0 bridgehead atoms. The summed E-state index contributed by atoms with van der Waals surface area (Å²) in [5, 5.41) is 26.6. The van der Waals surface area contributed by atoms with Crippen molar-refractivity contribution in [2.24, 2.45) is 5.92 Å². The molecule has 3 heteroatoms. The minimum absolute atomic E-state index is 0.395. The van der Waals surface area contributed by atoms with Crippen LogP contribution in [-0.4, -0.2) is 34.1 Å². The van der Waals surface area contributed by atoms with Crippen LogP contribution >= 0.6 is 0 Å². The molecule has 13 heavy (non-hydrogen) atoms. The standard InChI is InChI=1S/C9H16O2.CH4O/c10-8-5-1-3-7-4-2-6-9(7,8)11;1-2/h7-8,10-11H,1-6H2;2H,1H3. The summed E-state index contributed by atoms with van der Waals surface area (Å²) in [7, 11) is 1.00. The lowest BCUT2D eigenvalue weighted by Crippen LogP contribution is -2.48. The van der Waals surface area contributed by atoms with Crippen molar-refractivity contribution in [1.82, 2.24) is 0 Å². The zero-order valence-electron chi connectivity index (χ0n) is 8.24. The van der Waals surface area contributed by atoms with Crippen LogP contribution in [0.15, 0.2) is 0 Å². The molecule has 2 rings (SSSR count). The number of hydrogen-bond donors (Lipinski definition) is 3. The number of aliphatic hydroxyl groups excluding tert-OH is 2. The molecule has 3 unspecified atom stereocenters. The van der Waals surface area contributed by atoms with Crippen molar-refractivity contribution in [1.29, 1.82) is 0 Å². The first-order chi connectivity index (χ1) is 6.23. The Morgan fingerprint density at radius 3 is 2.31 bits per heavy atom. The van der Waals surface area contributed by atoms with Gasteiger partial charge in [0.2, 0.25) is 0 Å². The summed E-state index contributed by atoms with van der Waals surface area (Å²) in [4.78, 5) is 0. The van der Waals surface area contributed by atoms with E-state index in [0.29, 0.717) is 5.92 Å². The lowest BCUT2D eigenvalue weighted by Gasteiger charge is -2.39. The summed E-state index contributed by atoms with van der Waals surface area (Å²) in [6, 6.07) is 0. The van der Waals surface area contributed by atoms with Gasteiger partial charge in [-0.25, -0.2) is 0 Å². The highest BCUT2D eigenvalue weighted by molar-refractivity contribution is 5.00. The van der Waals surface area contributed by atoms with Gasteiger partial charge >= 0.3 is 0 Å². The van der Waals surface area contributed by atoms with Crippen LogP contribution in [0.4, 0.5) is 0 Å². The van der Waals surface area contributed by atoms with E-state index in [1.165, 1.54) is 0 Å². The normalized spacial score (nSPS) is 43.4. The van der Waals surface area contributed by atoms with E-state index < -0.39 is 11.7 Å². The molecule has 0 aromatic rings. The van der Waals surface area contributed by atoms with Crippen molar-refractivity contribution in [2.45, 2.75) is 50.2 Å². The van der Waals surface area contributed by atoms with Crippen molar-refractivity contribution in [3.63, 3.8) is 0 Å². The Labute approximate surface area is 79.4 Å². The largest absolute Gasteiger partial charge is 0.400 e. The van der Waals surface area contributed by atoms with Crippen molar-refractivity contribution in [2.75, 3.05) is 7.11 Å². The monoisotopic (exact) mass is 188 g/mol. The molecular weight excluding hydrogens is 168 g/mol. The first-order valence-electron chi connectivity index (χ1n) is 5.08. The first kappa shape index (κ1) is 11.0. The minimum Gasteiger partial charge on any atom is -0.400 e. The lowest BCUT2D eigenvalue weighted by atomic mass is 9.76. The van der Waals surface area contributed by atoms with Gasteiger partial charge in [0.25, 0.3) is 0 Å². The molecule has 0 spiro atoms. The quantitative estimate of drug-likeness (QED) is 0.523.